The third-order valence-corrected chi connectivity index (χ3v) is 4.34. The van der Waals surface area contributed by atoms with E-state index in [-0.39, 0.29) is 23.6 Å². The number of hydrogen-bond donors (Lipinski definition) is 2. The lowest BCUT2D eigenvalue weighted by Crippen LogP contribution is -2.23. The number of methoxy groups -OCH3 is 1. The summed E-state index contributed by atoms with van der Waals surface area (Å²) in [4.78, 5) is 19.2. The number of ether oxygens (including phenoxy) is 1. The minimum Gasteiger partial charge on any atom is -0.481 e. The van der Waals surface area contributed by atoms with Gasteiger partial charge in [0.1, 0.15) is 5.82 Å². The van der Waals surface area contributed by atoms with Gasteiger partial charge in [0.05, 0.1) is 24.5 Å². The molecule has 2 atom stereocenters. The Labute approximate surface area is 160 Å². The van der Waals surface area contributed by atoms with Gasteiger partial charge in [-0.2, -0.15) is 13.2 Å². The summed E-state index contributed by atoms with van der Waals surface area (Å²) < 4.78 is 45.0. The van der Waals surface area contributed by atoms with Crippen LogP contribution in [0.25, 0.3) is 0 Å². The van der Waals surface area contributed by atoms with E-state index in [1.807, 2.05) is 6.92 Å². The smallest absolute Gasteiger partial charge is 0.418 e. The molecule has 1 aromatic carbocycles. The third kappa shape index (κ3) is 5.41. The molecule has 0 radical (unpaired) electrons. The minimum absolute atomic E-state index is 0.107. The second-order valence-electron chi connectivity index (χ2n) is 6.35. The van der Waals surface area contributed by atoms with Crippen molar-refractivity contribution in [3.05, 3.63) is 47.5 Å². The monoisotopic (exact) mass is 397 g/mol. The number of hydrogen-bond acceptors (Lipinski definition) is 5. The van der Waals surface area contributed by atoms with E-state index < -0.39 is 18.2 Å². The summed E-state index contributed by atoms with van der Waals surface area (Å²) in [6.07, 6.45) is -3.40. The van der Waals surface area contributed by atoms with Gasteiger partial charge in [0.25, 0.3) is 0 Å². The molecule has 0 unspecified atom stereocenters. The number of nitrogens with zero attached hydrogens (tertiary/aromatic N) is 2. The summed E-state index contributed by atoms with van der Waals surface area (Å²) >= 11 is 0. The lowest BCUT2D eigenvalue weighted by Gasteiger charge is -2.24. The van der Waals surface area contributed by atoms with Gasteiger partial charge >= 0.3 is 12.1 Å². The number of halogens is 3. The molecule has 0 saturated carbocycles. The molecule has 0 amide bonds. The van der Waals surface area contributed by atoms with Crippen LogP contribution >= 0.6 is 0 Å². The number of aliphatic carboxylic acids is 1. The van der Waals surface area contributed by atoms with Crippen molar-refractivity contribution in [2.45, 2.75) is 44.9 Å². The molecule has 2 aromatic rings. The first-order valence-corrected chi connectivity index (χ1v) is 8.66. The highest BCUT2D eigenvalue weighted by molar-refractivity contribution is 5.69. The number of alkyl halides is 3. The molecule has 1 heterocycles. The molecule has 2 N–H and O–H groups in total. The zero-order valence-corrected chi connectivity index (χ0v) is 15.7. The third-order valence-electron chi connectivity index (χ3n) is 4.34. The molecule has 1 aromatic heterocycles. The van der Waals surface area contributed by atoms with E-state index in [2.05, 4.69) is 15.3 Å². The first kappa shape index (κ1) is 21.6. The number of benzene rings is 1. The van der Waals surface area contributed by atoms with Crippen molar-refractivity contribution in [2.75, 3.05) is 12.4 Å². The number of carboxylic acid groups (broad SMARTS) is 1. The Balaban J connectivity index is 2.51. The van der Waals surface area contributed by atoms with E-state index in [0.29, 0.717) is 23.5 Å². The highest BCUT2D eigenvalue weighted by atomic mass is 19.4. The van der Waals surface area contributed by atoms with E-state index in [1.54, 1.807) is 6.92 Å². The first-order chi connectivity index (χ1) is 13.2. The van der Waals surface area contributed by atoms with E-state index >= 15 is 0 Å². The number of carboxylic acids is 1. The van der Waals surface area contributed by atoms with Gasteiger partial charge in [-0.05, 0) is 30.9 Å². The molecule has 0 saturated heterocycles. The average molecular weight is 397 g/mol. The van der Waals surface area contributed by atoms with Gasteiger partial charge in [-0.15, -0.1) is 0 Å². The molecule has 0 fully saturated rings. The van der Waals surface area contributed by atoms with Crippen molar-refractivity contribution in [2.24, 2.45) is 0 Å². The van der Waals surface area contributed by atoms with Crippen molar-refractivity contribution in [3.8, 4) is 0 Å². The van der Waals surface area contributed by atoms with Crippen LogP contribution in [0.4, 0.5) is 24.5 Å². The van der Waals surface area contributed by atoms with Crippen molar-refractivity contribution in [1.29, 1.82) is 0 Å². The summed E-state index contributed by atoms with van der Waals surface area (Å²) in [5, 5.41) is 12.0. The molecule has 2 rings (SSSR count). The van der Waals surface area contributed by atoms with Crippen LogP contribution in [-0.4, -0.2) is 34.3 Å². The van der Waals surface area contributed by atoms with E-state index in [9.17, 15) is 18.0 Å². The SMILES string of the molecule is CC[C@@H](CC(=O)O)c1ccc([C@H](OC)C(F)(F)F)c(Nc2cnc(C)nc2)c1. The quantitative estimate of drug-likeness (QED) is 0.669. The first-order valence-electron chi connectivity index (χ1n) is 8.66. The fourth-order valence-corrected chi connectivity index (χ4v) is 2.92. The van der Waals surface area contributed by atoms with Gasteiger partial charge in [-0.25, -0.2) is 9.97 Å². The molecule has 0 spiro atoms. The summed E-state index contributed by atoms with van der Waals surface area (Å²) in [7, 11) is 0.990. The van der Waals surface area contributed by atoms with Crippen molar-refractivity contribution in [1.82, 2.24) is 9.97 Å². The average Bonchev–Trinajstić information content (AvgIpc) is 2.62. The van der Waals surface area contributed by atoms with Crippen LogP contribution in [0.1, 0.15) is 48.7 Å². The Morgan fingerprint density at radius 1 is 1.29 bits per heavy atom. The van der Waals surface area contributed by atoms with Crippen LogP contribution in [0.5, 0.6) is 0 Å². The fraction of sp³-hybridized carbons (Fsp3) is 0.421. The van der Waals surface area contributed by atoms with Crippen LogP contribution in [0, 0.1) is 6.92 Å². The predicted octanol–water partition coefficient (Wildman–Crippen LogP) is 4.75. The van der Waals surface area contributed by atoms with Crippen molar-refractivity contribution < 1.29 is 27.8 Å². The highest BCUT2D eigenvalue weighted by Crippen LogP contribution is 2.41. The Morgan fingerprint density at radius 3 is 2.43 bits per heavy atom. The summed E-state index contributed by atoms with van der Waals surface area (Å²) in [5.41, 5.74) is 1.09. The highest BCUT2D eigenvalue weighted by Gasteiger charge is 2.42. The van der Waals surface area contributed by atoms with Gasteiger partial charge in [-0.1, -0.05) is 19.1 Å². The lowest BCUT2D eigenvalue weighted by atomic mass is 9.91. The standard InChI is InChI=1S/C19H22F3N3O3/c1-4-12(8-17(26)27)13-5-6-15(18(28-3)19(20,21)22)16(7-13)25-14-9-23-11(2)24-10-14/h5-7,9-10,12,18,25H,4,8H2,1-3H3,(H,26,27)/t12-,18-/m0/s1. The van der Waals surface area contributed by atoms with Gasteiger partial charge in [0.15, 0.2) is 6.10 Å². The Kier molecular flexibility index (Phi) is 6.95. The number of anilines is 2. The molecule has 9 heteroatoms. The zero-order valence-electron chi connectivity index (χ0n) is 15.7. The Bertz CT molecular complexity index is 810. The maximum Gasteiger partial charge on any atom is 0.418 e. The van der Waals surface area contributed by atoms with Gasteiger partial charge in [0, 0.05) is 18.4 Å². The van der Waals surface area contributed by atoms with E-state index in [4.69, 9.17) is 9.84 Å². The summed E-state index contributed by atoms with van der Waals surface area (Å²) in [6.45, 7) is 3.52. The maximum absolute atomic E-state index is 13.4. The largest absolute Gasteiger partial charge is 0.481 e. The molecule has 152 valence electrons. The maximum atomic E-state index is 13.4. The van der Waals surface area contributed by atoms with Crippen LogP contribution in [0.3, 0.4) is 0 Å². The number of carbonyl (C=O) groups is 1. The van der Waals surface area contributed by atoms with Crippen molar-refractivity contribution in [3.63, 3.8) is 0 Å². The molecular formula is C19H22F3N3O3. The topological polar surface area (TPSA) is 84.3 Å². The summed E-state index contributed by atoms with van der Waals surface area (Å²) in [6, 6.07) is 4.37. The molecule has 0 aliphatic rings. The zero-order chi connectivity index (χ0) is 20.9. The number of aryl methyl sites for hydroxylation is 1. The minimum atomic E-state index is -4.61. The number of aromatic nitrogens is 2. The normalized spacial score (nSPS) is 13.8. The number of rotatable bonds is 8. The molecule has 0 bridgehead atoms. The molecule has 6 nitrogen and oxygen atoms in total. The van der Waals surface area contributed by atoms with E-state index in [1.165, 1.54) is 30.6 Å². The second-order valence-corrected chi connectivity index (χ2v) is 6.35. The van der Waals surface area contributed by atoms with Crippen LogP contribution in [-0.2, 0) is 9.53 Å². The Hall–Kier alpha value is -2.68. The van der Waals surface area contributed by atoms with Gasteiger partial charge in [0.2, 0.25) is 0 Å². The molecular weight excluding hydrogens is 375 g/mol. The second kappa shape index (κ2) is 9.01. The van der Waals surface area contributed by atoms with Gasteiger partial charge in [-0.3, -0.25) is 4.79 Å². The summed E-state index contributed by atoms with van der Waals surface area (Å²) in [5.74, 6) is -0.771. The van der Waals surface area contributed by atoms with Crippen LogP contribution < -0.4 is 5.32 Å². The van der Waals surface area contributed by atoms with Crippen LogP contribution in [0.15, 0.2) is 30.6 Å². The van der Waals surface area contributed by atoms with E-state index in [0.717, 1.165) is 7.11 Å². The van der Waals surface area contributed by atoms with Crippen LogP contribution in [0.2, 0.25) is 0 Å². The van der Waals surface area contributed by atoms with Crippen molar-refractivity contribution >= 4 is 17.3 Å². The Morgan fingerprint density at radius 2 is 1.93 bits per heavy atom. The fourth-order valence-electron chi connectivity index (χ4n) is 2.92. The molecule has 0 aliphatic carbocycles. The lowest BCUT2D eigenvalue weighted by molar-refractivity contribution is -0.215. The number of nitrogens with one attached hydrogen (secondary N) is 1. The van der Waals surface area contributed by atoms with Gasteiger partial charge < -0.3 is 15.2 Å². The molecule has 0 aliphatic heterocycles. The predicted molar refractivity (Wildman–Crippen MR) is 97.6 cm³/mol. The molecule has 28 heavy (non-hydrogen) atoms.